The van der Waals surface area contributed by atoms with Gasteiger partial charge >= 0.3 is 0 Å². The van der Waals surface area contributed by atoms with E-state index in [1.165, 1.54) is 12.1 Å². The number of rotatable bonds is 2. The zero-order valence-corrected chi connectivity index (χ0v) is 11.1. The second kappa shape index (κ2) is 4.98. The van der Waals surface area contributed by atoms with Crippen LogP contribution in [-0.2, 0) is 0 Å². The number of fused-ring (bicyclic) bond motifs is 1. The highest BCUT2D eigenvalue weighted by Crippen LogP contribution is 2.31. The zero-order valence-electron chi connectivity index (χ0n) is 10.3. The molecule has 100 valence electrons. The summed E-state index contributed by atoms with van der Waals surface area (Å²) in [5, 5.41) is 1.34. The van der Waals surface area contributed by atoms with Crippen LogP contribution >= 0.6 is 11.6 Å². The number of aromatic nitrogens is 1. The molecule has 0 aliphatic carbocycles. The smallest absolute Gasteiger partial charge is 0.167 e. The zero-order chi connectivity index (χ0) is 14.1. The Morgan fingerprint density at radius 3 is 2.70 bits per heavy atom. The standard InChI is InChI=1S/C15H10ClFN2O/c16-9-1-3-11-13(7-9)19-6-5-14(11)20-15-4-2-10(18)8-12(15)17/h1-8H,18H2. The minimum Gasteiger partial charge on any atom is -0.454 e. The van der Waals surface area contributed by atoms with E-state index in [0.717, 1.165) is 5.39 Å². The van der Waals surface area contributed by atoms with Crippen LogP contribution in [0.4, 0.5) is 10.1 Å². The summed E-state index contributed by atoms with van der Waals surface area (Å²) >= 11 is 5.92. The lowest BCUT2D eigenvalue weighted by Gasteiger charge is -2.09. The van der Waals surface area contributed by atoms with Gasteiger partial charge in [-0.3, -0.25) is 4.98 Å². The first-order valence-electron chi connectivity index (χ1n) is 5.90. The molecule has 0 saturated carbocycles. The molecule has 0 atom stereocenters. The molecule has 0 aliphatic heterocycles. The molecule has 1 aromatic heterocycles. The number of ether oxygens (including phenoxy) is 1. The Morgan fingerprint density at radius 2 is 1.90 bits per heavy atom. The normalized spacial score (nSPS) is 10.7. The van der Waals surface area contributed by atoms with Crippen LogP contribution in [0.3, 0.4) is 0 Å². The van der Waals surface area contributed by atoms with E-state index >= 15 is 0 Å². The lowest BCUT2D eigenvalue weighted by atomic mass is 10.2. The lowest BCUT2D eigenvalue weighted by Crippen LogP contribution is -1.92. The van der Waals surface area contributed by atoms with Gasteiger partial charge in [-0.25, -0.2) is 4.39 Å². The third-order valence-electron chi connectivity index (χ3n) is 2.84. The molecule has 3 nitrogen and oxygen atoms in total. The molecule has 0 fully saturated rings. The molecule has 0 bridgehead atoms. The fourth-order valence-corrected chi connectivity index (χ4v) is 2.07. The third-order valence-corrected chi connectivity index (χ3v) is 3.08. The molecule has 5 heteroatoms. The largest absolute Gasteiger partial charge is 0.454 e. The minimum absolute atomic E-state index is 0.113. The fourth-order valence-electron chi connectivity index (χ4n) is 1.90. The molecule has 0 radical (unpaired) electrons. The third kappa shape index (κ3) is 2.38. The quantitative estimate of drug-likeness (QED) is 0.711. The monoisotopic (exact) mass is 288 g/mol. The number of nitrogen functional groups attached to an aromatic ring is 1. The molecule has 1 heterocycles. The average Bonchev–Trinajstić information content (AvgIpc) is 2.41. The van der Waals surface area contributed by atoms with Crippen LogP contribution in [0.15, 0.2) is 48.7 Å². The number of anilines is 1. The maximum absolute atomic E-state index is 13.8. The summed E-state index contributed by atoms with van der Waals surface area (Å²) in [5.74, 6) is 0.112. The Balaban J connectivity index is 2.06. The maximum Gasteiger partial charge on any atom is 0.167 e. The van der Waals surface area contributed by atoms with E-state index in [2.05, 4.69) is 4.98 Å². The van der Waals surface area contributed by atoms with Gasteiger partial charge in [0.2, 0.25) is 0 Å². The van der Waals surface area contributed by atoms with E-state index in [1.807, 2.05) is 0 Å². The molecule has 0 saturated heterocycles. The van der Waals surface area contributed by atoms with Crippen molar-refractivity contribution in [2.24, 2.45) is 0 Å². The molecular formula is C15H10ClFN2O. The van der Waals surface area contributed by atoms with E-state index in [-0.39, 0.29) is 5.75 Å². The Labute approximate surface area is 119 Å². The lowest BCUT2D eigenvalue weighted by molar-refractivity contribution is 0.446. The first-order chi connectivity index (χ1) is 9.63. The molecule has 0 spiro atoms. The summed E-state index contributed by atoms with van der Waals surface area (Å²) in [4.78, 5) is 4.20. The van der Waals surface area contributed by atoms with Crippen molar-refractivity contribution in [2.75, 3.05) is 5.73 Å². The molecule has 3 aromatic rings. The summed E-state index contributed by atoms with van der Waals surface area (Å²) < 4.78 is 19.4. The number of hydrogen-bond donors (Lipinski definition) is 1. The van der Waals surface area contributed by atoms with Gasteiger partial charge in [0.1, 0.15) is 5.75 Å². The maximum atomic E-state index is 13.8. The van der Waals surface area contributed by atoms with Gasteiger partial charge in [-0.05, 0) is 36.4 Å². The second-order valence-electron chi connectivity index (χ2n) is 4.26. The minimum atomic E-state index is -0.510. The Morgan fingerprint density at radius 1 is 1.05 bits per heavy atom. The summed E-state index contributed by atoms with van der Waals surface area (Å²) in [6.45, 7) is 0. The van der Waals surface area contributed by atoms with Crippen molar-refractivity contribution < 1.29 is 9.13 Å². The highest BCUT2D eigenvalue weighted by atomic mass is 35.5. The van der Waals surface area contributed by atoms with Gasteiger partial charge in [0, 0.05) is 28.4 Å². The summed E-state index contributed by atoms with van der Waals surface area (Å²) in [6.07, 6.45) is 1.59. The number of hydrogen-bond acceptors (Lipinski definition) is 3. The van der Waals surface area contributed by atoms with Crippen LogP contribution in [0.2, 0.25) is 5.02 Å². The summed E-state index contributed by atoms with van der Waals surface area (Å²) in [7, 11) is 0. The highest BCUT2D eigenvalue weighted by Gasteiger charge is 2.08. The SMILES string of the molecule is Nc1ccc(Oc2ccnc3cc(Cl)ccc23)c(F)c1. The first-order valence-corrected chi connectivity index (χ1v) is 6.28. The van der Waals surface area contributed by atoms with Crippen molar-refractivity contribution in [1.29, 1.82) is 0 Å². The Hall–Kier alpha value is -2.33. The number of nitrogens with two attached hydrogens (primary N) is 1. The second-order valence-corrected chi connectivity index (χ2v) is 4.70. The van der Waals surface area contributed by atoms with Gasteiger partial charge in [0.25, 0.3) is 0 Å². The van der Waals surface area contributed by atoms with Crippen LogP contribution < -0.4 is 10.5 Å². The van der Waals surface area contributed by atoms with E-state index in [9.17, 15) is 4.39 Å². The topological polar surface area (TPSA) is 48.1 Å². The van der Waals surface area contributed by atoms with Crippen LogP contribution in [0.1, 0.15) is 0 Å². The molecule has 2 aromatic carbocycles. The van der Waals surface area contributed by atoms with E-state index < -0.39 is 5.82 Å². The molecule has 3 rings (SSSR count). The predicted octanol–water partition coefficient (Wildman–Crippen LogP) is 4.40. The van der Waals surface area contributed by atoms with Crippen LogP contribution in [0.5, 0.6) is 11.5 Å². The molecule has 0 amide bonds. The van der Waals surface area contributed by atoms with Crippen LogP contribution in [-0.4, -0.2) is 4.98 Å². The van der Waals surface area contributed by atoms with E-state index in [0.29, 0.717) is 22.0 Å². The molecule has 0 unspecified atom stereocenters. The van der Waals surface area contributed by atoms with Crippen molar-refractivity contribution in [1.82, 2.24) is 4.98 Å². The van der Waals surface area contributed by atoms with Gasteiger partial charge in [-0.1, -0.05) is 11.6 Å². The van der Waals surface area contributed by atoms with Gasteiger partial charge in [-0.2, -0.15) is 0 Å². The molecule has 2 N–H and O–H groups in total. The van der Waals surface area contributed by atoms with Gasteiger partial charge in [0.05, 0.1) is 5.52 Å². The number of halogens is 2. The Kier molecular flexibility index (Phi) is 3.16. The highest BCUT2D eigenvalue weighted by molar-refractivity contribution is 6.31. The predicted molar refractivity (Wildman–Crippen MR) is 77.6 cm³/mol. The van der Waals surface area contributed by atoms with Crippen LogP contribution in [0, 0.1) is 5.82 Å². The van der Waals surface area contributed by atoms with Gasteiger partial charge < -0.3 is 10.5 Å². The van der Waals surface area contributed by atoms with Crippen molar-refractivity contribution in [3.8, 4) is 11.5 Å². The number of nitrogens with zero attached hydrogens (tertiary/aromatic N) is 1. The molecule has 20 heavy (non-hydrogen) atoms. The summed E-state index contributed by atoms with van der Waals surface area (Å²) in [5.41, 5.74) is 6.54. The molecular weight excluding hydrogens is 279 g/mol. The number of benzene rings is 2. The van der Waals surface area contributed by atoms with Gasteiger partial charge in [-0.15, -0.1) is 0 Å². The Bertz CT molecular complexity index is 792. The van der Waals surface area contributed by atoms with E-state index in [1.54, 1.807) is 36.5 Å². The molecule has 0 aliphatic rings. The van der Waals surface area contributed by atoms with Crippen molar-refractivity contribution in [3.63, 3.8) is 0 Å². The van der Waals surface area contributed by atoms with Crippen LogP contribution in [0.25, 0.3) is 10.9 Å². The van der Waals surface area contributed by atoms with Crippen molar-refractivity contribution in [3.05, 3.63) is 59.5 Å². The first kappa shape index (κ1) is 12.7. The number of pyridine rings is 1. The van der Waals surface area contributed by atoms with Gasteiger partial charge in [0.15, 0.2) is 11.6 Å². The summed E-state index contributed by atoms with van der Waals surface area (Å²) in [6, 6.07) is 11.2. The van der Waals surface area contributed by atoms with E-state index in [4.69, 9.17) is 22.1 Å². The average molecular weight is 289 g/mol. The fraction of sp³-hybridized carbons (Fsp3) is 0. The van der Waals surface area contributed by atoms with Crippen molar-refractivity contribution >= 4 is 28.2 Å². The van der Waals surface area contributed by atoms with Crippen molar-refractivity contribution in [2.45, 2.75) is 0 Å².